The number of hydrogen-bond acceptors (Lipinski definition) is 9. The Kier molecular flexibility index (Phi) is 8.49. The van der Waals surface area contributed by atoms with E-state index < -0.39 is 12.1 Å². The standard InChI is InChI=1S/C31H35N5O9/c1-16-23(30(39)44-7)24-18-8-9-36(20(18)14-21(26(24)32-16)45-31(40)35(3)11-10-34(2)15-37)29(38)19-12-17-13-22(41-4)27(42-5)28(43-6)25(17)33-19/h12-15,32-33H,8-11H2,1-7H3. The summed E-state index contributed by atoms with van der Waals surface area (Å²) < 4.78 is 27.5. The number of amides is 3. The van der Waals surface area contributed by atoms with Crippen LogP contribution >= 0.6 is 0 Å². The van der Waals surface area contributed by atoms with Gasteiger partial charge in [0, 0.05) is 56.3 Å². The summed E-state index contributed by atoms with van der Waals surface area (Å²) in [6.07, 6.45) is 0.431. The minimum atomic E-state index is -0.677. The topological polar surface area (TPSA) is 156 Å². The predicted molar refractivity (Wildman–Crippen MR) is 165 cm³/mol. The van der Waals surface area contributed by atoms with Gasteiger partial charge in [0.05, 0.1) is 50.7 Å². The fraction of sp³-hybridized carbons (Fsp3) is 0.355. The zero-order valence-electron chi connectivity index (χ0n) is 26.2. The molecule has 1 aliphatic heterocycles. The number of hydrogen-bond donors (Lipinski definition) is 2. The van der Waals surface area contributed by atoms with Crippen molar-refractivity contribution in [1.29, 1.82) is 0 Å². The van der Waals surface area contributed by atoms with Crippen LogP contribution < -0.4 is 23.8 Å². The van der Waals surface area contributed by atoms with Gasteiger partial charge in [-0.3, -0.25) is 9.59 Å². The number of aromatic amines is 2. The number of esters is 1. The second-order valence-electron chi connectivity index (χ2n) is 10.6. The molecule has 2 aromatic carbocycles. The molecule has 1 aliphatic rings. The lowest BCUT2D eigenvalue weighted by atomic mass is 10.0. The van der Waals surface area contributed by atoms with Crippen LogP contribution in [0.15, 0.2) is 18.2 Å². The van der Waals surface area contributed by atoms with Crippen LogP contribution in [0.5, 0.6) is 23.0 Å². The molecule has 3 amide bonds. The second-order valence-corrected chi connectivity index (χ2v) is 10.6. The first kappa shape index (κ1) is 31.0. The van der Waals surface area contributed by atoms with Gasteiger partial charge in [0.1, 0.15) is 5.69 Å². The van der Waals surface area contributed by atoms with E-state index in [1.54, 1.807) is 44.1 Å². The van der Waals surface area contributed by atoms with Gasteiger partial charge in [0.2, 0.25) is 12.2 Å². The van der Waals surface area contributed by atoms with Crippen molar-refractivity contribution >= 4 is 51.9 Å². The van der Waals surface area contributed by atoms with Gasteiger partial charge in [-0.25, -0.2) is 9.59 Å². The van der Waals surface area contributed by atoms with Crippen molar-refractivity contribution in [3.8, 4) is 23.0 Å². The molecular formula is C31H35N5O9. The van der Waals surface area contributed by atoms with Crippen LogP contribution in [-0.2, 0) is 16.0 Å². The molecular weight excluding hydrogens is 586 g/mol. The van der Waals surface area contributed by atoms with Crippen molar-refractivity contribution in [3.63, 3.8) is 0 Å². The molecule has 0 atom stereocenters. The summed E-state index contributed by atoms with van der Waals surface area (Å²) in [5, 5.41) is 1.20. The smallest absolute Gasteiger partial charge is 0.415 e. The lowest BCUT2D eigenvalue weighted by Gasteiger charge is -2.21. The van der Waals surface area contributed by atoms with E-state index >= 15 is 0 Å². The van der Waals surface area contributed by atoms with Crippen LogP contribution in [0.3, 0.4) is 0 Å². The molecule has 0 aliphatic carbocycles. The number of aryl methyl sites for hydroxylation is 1. The maximum Gasteiger partial charge on any atom is 0.415 e. The average molecular weight is 622 g/mol. The van der Waals surface area contributed by atoms with Crippen molar-refractivity contribution < 1.29 is 42.9 Å². The number of fused-ring (bicyclic) bond motifs is 4. The number of aromatic nitrogens is 2. The largest absolute Gasteiger partial charge is 0.493 e. The Morgan fingerprint density at radius 3 is 2.31 bits per heavy atom. The molecule has 14 heteroatoms. The van der Waals surface area contributed by atoms with E-state index in [0.717, 1.165) is 5.56 Å². The summed E-state index contributed by atoms with van der Waals surface area (Å²) in [7, 11) is 8.96. The molecule has 238 valence electrons. The summed E-state index contributed by atoms with van der Waals surface area (Å²) in [4.78, 5) is 61.7. The molecule has 0 saturated heterocycles. The third-order valence-corrected chi connectivity index (χ3v) is 7.95. The molecule has 0 spiro atoms. The molecule has 0 saturated carbocycles. The predicted octanol–water partition coefficient (Wildman–Crippen LogP) is 3.49. The Morgan fingerprint density at radius 2 is 1.67 bits per heavy atom. The number of H-pyrrole nitrogens is 2. The number of carbonyl (C=O) groups is 4. The first-order valence-corrected chi connectivity index (χ1v) is 14.1. The van der Waals surface area contributed by atoms with Crippen LogP contribution in [0, 0.1) is 6.92 Å². The van der Waals surface area contributed by atoms with Crippen molar-refractivity contribution in [1.82, 2.24) is 19.8 Å². The maximum atomic E-state index is 14.1. The molecule has 0 fully saturated rings. The molecule has 14 nitrogen and oxygen atoms in total. The summed E-state index contributed by atoms with van der Waals surface area (Å²) in [6, 6.07) is 5.07. The fourth-order valence-corrected chi connectivity index (χ4v) is 5.64. The van der Waals surface area contributed by atoms with Crippen molar-refractivity contribution in [2.75, 3.05) is 67.1 Å². The number of rotatable bonds is 10. The van der Waals surface area contributed by atoms with E-state index in [1.165, 1.54) is 38.2 Å². The van der Waals surface area contributed by atoms with Crippen molar-refractivity contribution in [2.24, 2.45) is 0 Å². The molecule has 2 aromatic heterocycles. The average Bonchev–Trinajstić information content (AvgIpc) is 3.76. The lowest BCUT2D eigenvalue weighted by molar-refractivity contribution is -0.117. The number of benzene rings is 2. The van der Waals surface area contributed by atoms with Crippen LogP contribution in [0.2, 0.25) is 0 Å². The van der Waals surface area contributed by atoms with Gasteiger partial charge in [0.15, 0.2) is 17.2 Å². The minimum Gasteiger partial charge on any atom is -0.493 e. The van der Waals surface area contributed by atoms with Gasteiger partial charge in [-0.1, -0.05) is 0 Å². The normalized spacial score (nSPS) is 12.2. The Morgan fingerprint density at radius 1 is 0.933 bits per heavy atom. The summed E-state index contributed by atoms with van der Waals surface area (Å²) in [6.45, 7) is 2.56. The number of anilines is 1. The van der Waals surface area contributed by atoms with Crippen LogP contribution in [0.1, 0.15) is 32.1 Å². The first-order chi connectivity index (χ1) is 21.6. The zero-order valence-corrected chi connectivity index (χ0v) is 26.2. The van der Waals surface area contributed by atoms with Crippen LogP contribution in [0.25, 0.3) is 21.8 Å². The highest BCUT2D eigenvalue weighted by Crippen LogP contribution is 2.45. The minimum absolute atomic E-state index is 0.134. The molecule has 4 aromatic rings. The molecule has 0 unspecified atom stereocenters. The van der Waals surface area contributed by atoms with Crippen LogP contribution in [-0.4, -0.2) is 106 Å². The van der Waals surface area contributed by atoms with E-state index in [9.17, 15) is 19.2 Å². The van der Waals surface area contributed by atoms with Gasteiger partial charge in [-0.05, 0) is 31.0 Å². The van der Waals surface area contributed by atoms with Crippen molar-refractivity contribution in [2.45, 2.75) is 13.3 Å². The maximum absolute atomic E-state index is 14.1. The quantitative estimate of drug-likeness (QED) is 0.200. The molecule has 2 N–H and O–H groups in total. The van der Waals surface area contributed by atoms with E-state index in [4.69, 9.17) is 23.7 Å². The third kappa shape index (κ3) is 5.32. The van der Waals surface area contributed by atoms with E-state index in [0.29, 0.717) is 81.9 Å². The number of methoxy groups -OCH3 is 4. The van der Waals surface area contributed by atoms with Gasteiger partial charge in [-0.15, -0.1) is 0 Å². The zero-order chi connectivity index (χ0) is 32.6. The van der Waals surface area contributed by atoms with Gasteiger partial charge < -0.3 is 48.4 Å². The van der Waals surface area contributed by atoms with Gasteiger partial charge >= 0.3 is 12.1 Å². The summed E-state index contributed by atoms with van der Waals surface area (Å²) in [5.41, 5.74) is 3.32. The Labute approximate surface area is 258 Å². The monoisotopic (exact) mass is 621 g/mol. The number of ether oxygens (including phenoxy) is 5. The highest BCUT2D eigenvalue weighted by molar-refractivity contribution is 6.15. The fourth-order valence-electron chi connectivity index (χ4n) is 5.64. The first-order valence-electron chi connectivity index (χ1n) is 14.1. The Bertz CT molecular complexity index is 1830. The number of nitrogens with zero attached hydrogens (tertiary/aromatic N) is 3. The number of nitrogens with one attached hydrogen (secondary N) is 2. The molecule has 5 rings (SSSR count). The lowest BCUT2D eigenvalue weighted by Crippen LogP contribution is -2.36. The molecule has 45 heavy (non-hydrogen) atoms. The summed E-state index contributed by atoms with van der Waals surface area (Å²) >= 11 is 0. The Balaban J connectivity index is 1.59. The number of carbonyl (C=O) groups excluding carboxylic acids is 4. The molecule has 3 heterocycles. The Hall–Kier alpha value is -5.40. The van der Waals surface area contributed by atoms with Crippen LogP contribution in [0.4, 0.5) is 10.5 Å². The molecule has 0 bridgehead atoms. The summed E-state index contributed by atoms with van der Waals surface area (Å²) in [5.74, 6) is 0.444. The number of likely N-dealkylation sites (N-methyl/N-ethyl adjacent to an activating group) is 2. The van der Waals surface area contributed by atoms with E-state index in [2.05, 4.69) is 9.97 Å². The third-order valence-electron chi connectivity index (χ3n) is 7.95. The van der Waals surface area contributed by atoms with Crippen molar-refractivity contribution in [3.05, 3.63) is 40.7 Å². The molecule has 0 radical (unpaired) electrons. The van der Waals surface area contributed by atoms with Gasteiger partial charge in [0.25, 0.3) is 5.91 Å². The highest BCUT2D eigenvalue weighted by Gasteiger charge is 2.34. The SMILES string of the molecule is COC(=O)c1c(C)[nH]c2c(OC(=O)N(C)CCN(C)C=O)cc3c(c12)CCN3C(=O)c1cc2cc(OC)c(OC)c(OC)c2[nH]1. The highest BCUT2D eigenvalue weighted by atomic mass is 16.6. The second kappa shape index (κ2) is 12.3. The van der Waals surface area contributed by atoms with E-state index in [1.807, 2.05) is 0 Å². The van der Waals surface area contributed by atoms with E-state index in [-0.39, 0.29) is 23.9 Å². The van der Waals surface area contributed by atoms with Gasteiger partial charge in [-0.2, -0.15) is 0 Å².